The summed E-state index contributed by atoms with van der Waals surface area (Å²) < 4.78 is 0. The Morgan fingerprint density at radius 3 is 2.32 bits per heavy atom. The van der Waals surface area contributed by atoms with E-state index >= 15 is 0 Å². The Bertz CT molecular complexity index is 254. The van der Waals surface area contributed by atoms with Gasteiger partial charge in [0.1, 0.15) is 0 Å². The van der Waals surface area contributed by atoms with Gasteiger partial charge >= 0.3 is 6.03 Å². The zero-order valence-electron chi connectivity index (χ0n) is 12.8. The third-order valence-electron chi connectivity index (χ3n) is 3.55. The Morgan fingerprint density at radius 1 is 1.11 bits per heavy atom. The third-order valence-corrected chi connectivity index (χ3v) is 3.55. The van der Waals surface area contributed by atoms with Crippen LogP contribution in [0.25, 0.3) is 0 Å². The molecule has 0 aromatic heterocycles. The van der Waals surface area contributed by atoms with E-state index in [9.17, 15) is 4.79 Å². The summed E-state index contributed by atoms with van der Waals surface area (Å²) in [5.74, 6) is 0. The molecule has 0 bridgehead atoms. The fourth-order valence-corrected chi connectivity index (χ4v) is 2.24. The van der Waals surface area contributed by atoms with E-state index in [1.54, 1.807) is 0 Å². The molecule has 4 heteroatoms. The molecular weight excluding hydrogens is 238 g/mol. The first-order valence-electron chi connectivity index (χ1n) is 7.92. The van der Waals surface area contributed by atoms with Crippen molar-refractivity contribution in [3.8, 4) is 0 Å². The minimum Gasteiger partial charge on any atom is -0.336 e. The maximum Gasteiger partial charge on any atom is 0.315 e. The Balaban J connectivity index is 1.95. The van der Waals surface area contributed by atoms with E-state index in [0.717, 1.165) is 31.8 Å². The summed E-state index contributed by atoms with van der Waals surface area (Å²) in [5.41, 5.74) is 0. The molecule has 1 aliphatic rings. The number of carbonyl (C=O) groups excluding carboxylic acids is 1. The summed E-state index contributed by atoms with van der Waals surface area (Å²) in [5, 5.41) is 9.50. The number of rotatable bonds is 10. The molecule has 0 saturated heterocycles. The van der Waals surface area contributed by atoms with Crippen LogP contribution in [0.2, 0.25) is 0 Å². The Hall–Kier alpha value is -0.770. The second-order valence-electron chi connectivity index (χ2n) is 5.93. The van der Waals surface area contributed by atoms with Gasteiger partial charge in [0.25, 0.3) is 0 Å². The van der Waals surface area contributed by atoms with Gasteiger partial charge in [0.05, 0.1) is 0 Å². The molecule has 112 valence electrons. The van der Waals surface area contributed by atoms with Crippen molar-refractivity contribution >= 4 is 6.03 Å². The average Bonchev–Trinajstić information content (AvgIpc) is 3.12. The molecule has 2 unspecified atom stereocenters. The van der Waals surface area contributed by atoms with Gasteiger partial charge in [-0.25, -0.2) is 4.79 Å². The van der Waals surface area contributed by atoms with E-state index in [-0.39, 0.29) is 18.1 Å². The fraction of sp³-hybridized carbons (Fsp3) is 0.933. The molecule has 0 heterocycles. The number of urea groups is 1. The molecule has 0 radical (unpaired) electrons. The van der Waals surface area contributed by atoms with E-state index in [1.165, 1.54) is 25.7 Å². The van der Waals surface area contributed by atoms with E-state index in [4.69, 9.17) is 0 Å². The Kier molecular flexibility index (Phi) is 7.87. The van der Waals surface area contributed by atoms with Crippen LogP contribution >= 0.6 is 0 Å². The number of nitrogens with one attached hydrogen (secondary N) is 3. The highest BCUT2D eigenvalue weighted by molar-refractivity contribution is 5.74. The minimum atomic E-state index is -0.0236. The van der Waals surface area contributed by atoms with E-state index in [2.05, 4.69) is 36.7 Å². The normalized spacial score (nSPS) is 17.8. The van der Waals surface area contributed by atoms with Crippen molar-refractivity contribution in [3.63, 3.8) is 0 Å². The van der Waals surface area contributed by atoms with Crippen LogP contribution in [0.5, 0.6) is 0 Å². The van der Waals surface area contributed by atoms with Crippen LogP contribution in [0.3, 0.4) is 0 Å². The zero-order valence-corrected chi connectivity index (χ0v) is 12.8. The maximum atomic E-state index is 11.7. The summed E-state index contributed by atoms with van der Waals surface area (Å²) in [4.78, 5) is 11.7. The van der Waals surface area contributed by atoms with Crippen molar-refractivity contribution in [2.75, 3.05) is 6.54 Å². The lowest BCUT2D eigenvalue weighted by atomic mass is 10.1. The summed E-state index contributed by atoms with van der Waals surface area (Å²) in [6.45, 7) is 7.39. The lowest BCUT2D eigenvalue weighted by Crippen LogP contribution is -2.44. The van der Waals surface area contributed by atoms with Crippen molar-refractivity contribution in [3.05, 3.63) is 0 Å². The molecule has 1 rings (SSSR count). The second-order valence-corrected chi connectivity index (χ2v) is 5.93. The number of unbranched alkanes of at least 4 members (excludes halogenated alkanes) is 1. The van der Waals surface area contributed by atoms with Gasteiger partial charge < -0.3 is 16.0 Å². The molecule has 19 heavy (non-hydrogen) atoms. The first-order valence-corrected chi connectivity index (χ1v) is 7.92. The molecule has 1 fully saturated rings. The van der Waals surface area contributed by atoms with Crippen LogP contribution in [0.15, 0.2) is 0 Å². The molecule has 0 aromatic carbocycles. The highest BCUT2D eigenvalue weighted by atomic mass is 16.2. The summed E-state index contributed by atoms with van der Waals surface area (Å²) in [6.07, 6.45) is 8.28. The van der Waals surface area contributed by atoms with Crippen LogP contribution in [-0.2, 0) is 0 Å². The van der Waals surface area contributed by atoms with Gasteiger partial charge in [-0.15, -0.1) is 0 Å². The Labute approximate surface area is 118 Å². The SMILES string of the molecule is CCCC(C)NC(=O)NC(C)CCCCNC1CC1. The first kappa shape index (κ1) is 16.3. The molecule has 2 amide bonds. The van der Waals surface area contributed by atoms with Crippen molar-refractivity contribution in [2.24, 2.45) is 0 Å². The molecule has 0 aliphatic heterocycles. The van der Waals surface area contributed by atoms with Gasteiger partial charge in [0, 0.05) is 18.1 Å². The first-order chi connectivity index (χ1) is 9.11. The van der Waals surface area contributed by atoms with Crippen LogP contribution in [0, 0.1) is 0 Å². The van der Waals surface area contributed by atoms with Crippen LogP contribution < -0.4 is 16.0 Å². The van der Waals surface area contributed by atoms with Gasteiger partial charge in [0.15, 0.2) is 0 Å². The van der Waals surface area contributed by atoms with Gasteiger partial charge in [0.2, 0.25) is 0 Å². The predicted molar refractivity (Wildman–Crippen MR) is 80.4 cm³/mol. The van der Waals surface area contributed by atoms with Crippen LogP contribution in [0.1, 0.15) is 65.7 Å². The van der Waals surface area contributed by atoms with Crippen molar-refractivity contribution in [1.29, 1.82) is 0 Å². The lowest BCUT2D eigenvalue weighted by Gasteiger charge is -2.17. The van der Waals surface area contributed by atoms with Crippen molar-refractivity contribution < 1.29 is 4.79 Å². The molecule has 0 aromatic rings. The lowest BCUT2D eigenvalue weighted by molar-refractivity contribution is 0.233. The van der Waals surface area contributed by atoms with Gasteiger partial charge in [-0.2, -0.15) is 0 Å². The highest BCUT2D eigenvalue weighted by Gasteiger charge is 2.19. The van der Waals surface area contributed by atoms with Crippen LogP contribution in [-0.4, -0.2) is 30.7 Å². The summed E-state index contributed by atoms with van der Waals surface area (Å²) in [6, 6.07) is 1.31. The largest absolute Gasteiger partial charge is 0.336 e. The van der Waals surface area contributed by atoms with Crippen LogP contribution in [0.4, 0.5) is 4.79 Å². The number of hydrogen-bond acceptors (Lipinski definition) is 2. The highest BCUT2D eigenvalue weighted by Crippen LogP contribution is 2.18. The molecular formula is C15H31N3O. The third kappa shape index (κ3) is 8.87. The zero-order chi connectivity index (χ0) is 14.1. The van der Waals surface area contributed by atoms with Gasteiger partial charge in [-0.1, -0.05) is 19.8 Å². The van der Waals surface area contributed by atoms with Crippen molar-refractivity contribution in [1.82, 2.24) is 16.0 Å². The smallest absolute Gasteiger partial charge is 0.315 e. The molecule has 0 spiro atoms. The second kappa shape index (κ2) is 9.18. The standard InChI is InChI=1S/C15H31N3O/c1-4-7-12(2)17-15(19)18-13(3)8-5-6-11-16-14-9-10-14/h12-14,16H,4-11H2,1-3H3,(H2,17,18,19). The van der Waals surface area contributed by atoms with E-state index < -0.39 is 0 Å². The number of carbonyl (C=O) groups is 1. The molecule has 1 aliphatic carbocycles. The summed E-state index contributed by atoms with van der Waals surface area (Å²) in [7, 11) is 0. The fourth-order valence-electron chi connectivity index (χ4n) is 2.24. The van der Waals surface area contributed by atoms with Gasteiger partial charge in [-0.3, -0.25) is 0 Å². The van der Waals surface area contributed by atoms with Crippen molar-refractivity contribution in [2.45, 2.75) is 83.8 Å². The van der Waals surface area contributed by atoms with Gasteiger partial charge in [-0.05, 0) is 52.5 Å². The number of hydrogen-bond donors (Lipinski definition) is 3. The maximum absolute atomic E-state index is 11.7. The molecule has 2 atom stereocenters. The molecule has 1 saturated carbocycles. The minimum absolute atomic E-state index is 0.0236. The number of amides is 2. The molecule has 4 nitrogen and oxygen atoms in total. The molecule has 3 N–H and O–H groups in total. The quantitative estimate of drug-likeness (QED) is 0.534. The monoisotopic (exact) mass is 269 g/mol. The predicted octanol–water partition coefficient (Wildman–Crippen LogP) is 2.79. The van der Waals surface area contributed by atoms with E-state index in [1.807, 2.05) is 0 Å². The topological polar surface area (TPSA) is 53.2 Å². The average molecular weight is 269 g/mol. The Morgan fingerprint density at radius 2 is 1.74 bits per heavy atom. The van der Waals surface area contributed by atoms with E-state index in [0.29, 0.717) is 0 Å². The summed E-state index contributed by atoms with van der Waals surface area (Å²) >= 11 is 0.